The Morgan fingerprint density at radius 3 is 2.33 bits per heavy atom. The van der Waals surface area contributed by atoms with Gasteiger partial charge < -0.3 is 4.90 Å². The van der Waals surface area contributed by atoms with Gasteiger partial charge in [-0.25, -0.2) is 0 Å². The number of benzene rings is 1. The van der Waals surface area contributed by atoms with Gasteiger partial charge in [-0.05, 0) is 25.0 Å². The fraction of sp³-hybridized carbons (Fsp3) is 0.364. The molecule has 0 atom stereocenters. The van der Waals surface area contributed by atoms with Crippen LogP contribution in [0.3, 0.4) is 0 Å². The lowest BCUT2D eigenvalue weighted by Gasteiger charge is -2.23. The van der Waals surface area contributed by atoms with E-state index >= 15 is 0 Å². The molecule has 0 bridgehead atoms. The number of para-hydroxylation sites is 1. The SMILES string of the molecule is Cc1cccc(C)c1N(CI)C(=O)CCl. The summed E-state index contributed by atoms with van der Waals surface area (Å²) in [6.07, 6.45) is 0. The minimum Gasteiger partial charge on any atom is -0.301 e. The van der Waals surface area contributed by atoms with Crippen molar-refractivity contribution in [2.45, 2.75) is 13.8 Å². The quantitative estimate of drug-likeness (QED) is 0.471. The van der Waals surface area contributed by atoms with Crippen molar-refractivity contribution in [2.75, 3.05) is 15.3 Å². The first-order valence-corrected chi connectivity index (χ1v) is 6.66. The summed E-state index contributed by atoms with van der Waals surface area (Å²) in [7, 11) is 0. The first kappa shape index (κ1) is 12.8. The monoisotopic (exact) mass is 337 g/mol. The smallest absolute Gasteiger partial charge is 0.242 e. The van der Waals surface area contributed by atoms with E-state index in [0.717, 1.165) is 16.8 Å². The average Bonchev–Trinajstić information content (AvgIpc) is 2.22. The molecule has 15 heavy (non-hydrogen) atoms. The normalized spacial score (nSPS) is 10.1. The molecule has 0 N–H and O–H groups in total. The Bertz CT molecular complexity index is 347. The van der Waals surface area contributed by atoms with Crippen molar-refractivity contribution < 1.29 is 4.79 Å². The molecular formula is C11H13ClINO. The highest BCUT2D eigenvalue weighted by molar-refractivity contribution is 14.1. The Morgan fingerprint density at radius 1 is 1.40 bits per heavy atom. The Labute approximate surface area is 109 Å². The molecule has 0 radical (unpaired) electrons. The van der Waals surface area contributed by atoms with Crippen molar-refractivity contribution in [3.05, 3.63) is 29.3 Å². The van der Waals surface area contributed by atoms with Gasteiger partial charge in [-0.2, -0.15) is 0 Å². The summed E-state index contributed by atoms with van der Waals surface area (Å²) in [6.45, 7) is 4.01. The number of anilines is 1. The topological polar surface area (TPSA) is 20.3 Å². The number of carbonyl (C=O) groups is 1. The van der Waals surface area contributed by atoms with Crippen LogP contribution in [0.5, 0.6) is 0 Å². The van der Waals surface area contributed by atoms with E-state index in [4.69, 9.17) is 11.6 Å². The summed E-state index contributed by atoms with van der Waals surface area (Å²) in [4.78, 5) is 13.4. The molecule has 4 heteroatoms. The van der Waals surface area contributed by atoms with Gasteiger partial charge in [0.25, 0.3) is 0 Å². The van der Waals surface area contributed by atoms with E-state index in [9.17, 15) is 4.79 Å². The lowest BCUT2D eigenvalue weighted by atomic mass is 10.1. The maximum absolute atomic E-state index is 11.6. The number of alkyl halides is 2. The number of amides is 1. The zero-order valence-electron chi connectivity index (χ0n) is 8.76. The van der Waals surface area contributed by atoms with Crippen LogP contribution in [0.2, 0.25) is 0 Å². The second-order valence-corrected chi connectivity index (χ2v) is 4.26. The molecule has 1 aromatic rings. The van der Waals surface area contributed by atoms with Crippen molar-refractivity contribution >= 4 is 45.8 Å². The average molecular weight is 338 g/mol. The second-order valence-electron chi connectivity index (χ2n) is 3.32. The highest BCUT2D eigenvalue weighted by Crippen LogP contribution is 2.25. The van der Waals surface area contributed by atoms with Gasteiger partial charge in [0, 0.05) is 0 Å². The van der Waals surface area contributed by atoms with Crippen LogP contribution in [0.15, 0.2) is 18.2 Å². The van der Waals surface area contributed by atoms with Gasteiger partial charge in [0.1, 0.15) is 5.88 Å². The molecule has 1 amide bonds. The third-order valence-corrected chi connectivity index (χ3v) is 3.16. The highest BCUT2D eigenvalue weighted by Gasteiger charge is 2.16. The van der Waals surface area contributed by atoms with Gasteiger partial charge in [-0.15, -0.1) is 11.6 Å². The van der Waals surface area contributed by atoms with E-state index < -0.39 is 0 Å². The second kappa shape index (κ2) is 5.70. The van der Waals surface area contributed by atoms with Crippen molar-refractivity contribution in [1.82, 2.24) is 0 Å². The highest BCUT2D eigenvalue weighted by atomic mass is 127. The molecule has 0 aliphatic heterocycles. The summed E-state index contributed by atoms with van der Waals surface area (Å²) in [5, 5.41) is 0. The molecule has 0 saturated carbocycles. The number of hydrogen-bond donors (Lipinski definition) is 0. The van der Waals surface area contributed by atoms with E-state index in [1.807, 2.05) is 32.0 Å². The molecule has 0 saturated heterocycles. The number of hydrogen-bond acceptors (Lipinski definition) is 1. The van der Waals surface area contributed by atoms with E-state index in [-0.39, 0.29) is 11.8 Å². The molecule has 0 heterocycles. The maximum atomic E-state index is 11.6. The van der Waals surface area contributed by atoms with Gasteiger partial charge in [-0.3, -0.25) is 4.79 Å². The van der Waals surface area contributed by atoms with Crippen molar-refractivity contribution in [2.24, 2.45) is 0 Å². The fourth-order valence-corrected chi connectivity index (χ4v) is 2.42. The van der Waals surface area contributed by atoms with E-state index in [0.29, 0.717) is 4.55 Å². The minimum atomic E-state index is -0.0523. The van der Waals surface area contributed by atoms with Crippen molar-refractivity contribution in [3.8, 4) is 0 Å². The van der Waals surface area contributed by atoms with E-state index in [2.05, 4.69) is 22.6 Å². The third kappa shape index (κ3) is 2.84. The largest absolute Gasteiger partial charge is 0.301 e. The maximum Gasteiger partial charge on any atom is 0.242 e. The molecular weight excluding hydrogens is 324 g/mol. The molecule has 2 nitrogen and oxygen atoms in total. The van der Waals surface area contributed by atoms with Crippen LogP contribution in [0, 0.1) is 13.8 Å². The van der Waals surface area contributed by atoms with Gasteiger partial charge in [0.2, 0.25) is 5.91 Å². The molecule has 0 aliphatic carbocycles. The molecule has 0 aromatic heterocycles. The standard InChI is InChI=1S/C11H13ClINO/c1-8-4-3-5-9(2)11(8)14(7-13)10(15)6-12/h3-5H,6-7H2,1-2H3. The lowest BCUT2D eigenvalue weighted by molar-refractivity contribution is -0.116. The van der Waals surface area contributed by atoms with Crippen LogP contribution < -0.4 is 4.90 Å². The first-order chi connectivity index (χ1) is 7.11. The Kier molecular flexibility index (Phi) is 4.86. The summed E-state index contributed by atoms with van der Waals surface area (Å²) >= 11 is 7.76. The van der Waals surface area contributed by atoms with Gasteiger partial charge in [-0.1, -0.05) is 40.8 Å². The Balaban J connectivity index is 3.17. The number of halogens is 2. The van der Waals surface area contributed by atoms with E-state index in [1.165, 1.54) is 0 Å². The predicted molar refractivity (Wildman–Crippen MR) is 73.0 cm³/mol. The summed E-state index contributed by atoms with van der Waals surface area (Å²) < 4.78 is 0.620. The molecule has 1 rings (SSSR count). The molecule has 0 spiro atoms. The number of carbonyl (C=O) groups excluding carboxylic acids is 1. The Morgan fingerprint density at radius 2 is 1.93 bits per heavy atom. The van der Waals surface area contributed by atoms with Crippen LogP contribution in [0.4, 0.5) is 5.69 Å². The summed E-state index contributed by atoms with van der Waals surface area (Å²) in [6, 6.07) is 6.00. The number of aryl methyl sites for hydroxylation is 2. The summed E-state index contributed by atoms with van der Waals surface area (Å²) in [5.74, 6) is -0.0278. The zero-order chi connectivity index (χ0) is 11.4. The first-order valence-electron chi connectivity index (χ1n) is 4.60. The predicted octanol–water partition coefficient (Wildman–Crippen LogP) is 3.27. The fourth-order valence-electron chi connectivity index (χ4n) is 1.55. The zero-order valence-corrected chi connectivity index (χ0v) is 11.7. The van der Waals surface area contributed by atoms with Gasteiger partial charge in [0.05, 0.1) is 10.2 Å². The van der Waals surface area contributed by atoms with Gasteiger partial charge in [0.15, 0.2) is 0 Å². The molecule has 0 fully saturated rings. The van der Waals surface area contributed by atoms with Crippen molar-refractivity contribution in [1.29, 1.82) is 0 Å². The van der Waals surface area contributed by atoms with Crippen LogP contribution in [-0.4, -0.2) is 16.3 Å². The molecule has 0 aliphatic rings. The van der Waals surface area contributed by atoms with Crippen LogP contribution in [0.25, 0.3) is 0 Å². The number of nitrogens with zero attached hydrogens (tertiary/aromatic N) is 1. The van der Waals surface area contributed by atoms with Crippen molar-refractivity contribution in [3.63, 3.8) is 0 Å². The molecule has 1 aromatic carbocycles. The molecule has 82 valence electrons. The minimum absolute atomic E-state index is 0.0246. The Hall–Kier alpha value is -0.290. The number of rotatable bonds is 3. The molecule has 0 unspecified atom stereocenters. The van der Waals surface area contributed by atoms with Crippen LogP contribution in [0.1, 0.15) is 11.1 Å². The van der Waals surface area contributed by atoms with E-state index in [1.54, 1.807) is 4.90 Å². The van der Waals surface area contributed by atoms with Crippen LogP contribution in [-0.2, 0) is 4.79 Å². The lowest BCUT2D eigenvalue weighted by Crippen LogP contribution is -2.31. The van der Waals surface area contributed by atoms with Gasteiger partial charge >= 0.3 is 0 Å². The van der Waals surface area contributed by atoms with Crippen LogP contribution >= 0.6 is 34.2 Å². The third-order valence-electron chi connectivity index (χ3n) is 2.24. The summed E-state index contributed by atoms with van der Waals surface area (Å²) in [5.41, 5.74) is 3.19.